The molecule has 2 N–H and O–H groups in total. The van der Waals surface area contributed by atoms with E-state index in [1.807, 2.05) is 30.6 Å². The molecule has 1 atom stereocenters. The summed E-state index contributed by atoms with van der Waals surface area (Å²) in [4.78, 5) is 16.6. The number of hydrogen-bond donors (Lipinski definition) is 2. The summed E-state index contributed by atoms with van der Waals surface area (Å²) in [5, 5.41) is 7.55. The molecule has 1 aromatic carbocycles. The van der Waals surface area contributed by atoms with Gasteiger partial charge < -0.3 is 9.55 Å². The van der Waals surface area contributed by atoms with Crippen molar-refractivity contribution in [2.45, 2.75) is 6.04 Å². The largest absolute Gasteiger partial charge is 0.347 e. The van der Waals surface area contributed by atoms with Crippen LogP contribution in [0.4, 0.5) is 5.82 Å². The zero-order valence-electron chi connectivity index (χ0n) is 12.6. The van der Waals surface area contributed by atoms with Crippen molar-refractivity contribution >= 4 is 12.0 Å². The van der Waals surface area contributed by atoms with Crippen LogP contribution in [-0.2, 0) is 0 Å². The Kier molecular flexibility index (Phi) is 2.72. The number of benzene rings is 1. The van der Waals surface area contributed by atoms with Gasteiger partial charge in [-0.05, 0) is 5.56 Å². The highest BCUT2D eigenvalue weighted by Gasteiger charge is 2.30. The van der Waals surface area contributed by atoms with E-state index in [0.717, 1.165) is 28.5 Å². The summed E-state index contributed by atoms with van der Waals surface area (Å²) in [6.07, 6.45) is 9.01. The third-order valence-electron chi connectivity index (χ3n) is 4.18. The van der Waals surface area contributed by atoms with Gasteiger partial charge in [-0.15, -0.1) is 0 Å². The summed E-state index contributed by atoms with van der Waals surface area (Å²) in [6, 6.07) is 9.94. The van der Waals surface area contributed by atoms with Gasteiger partial charge >= 0.3 is 0 Å². The summed E-state index contributed by atoms with van der Waals surface area (Å²) in [5.41, 5.74) is 2.97. The van der Waals surface area contributed by atoms with Crippen LogP contribution < -0.4 is 0 Å². The highest BCUT2D eigenvalue weighted by atomic mass is 15.2. The average Bonchev–Trinajstić information content (AvgIpc) is 3.36. The smallest absolute Gasteiger partial charge is 0.180 e. The maximum atomic E-state index is 4.51. The number of aromatic nitrogens is 6. The first-order chi connectivity index (χ1) is 11.9. The van der Waals surface area contributed by atoms with Crippen LogP contribution in [0.5, 0.6) is 0 Å². The van der Waals surface area contributed by atoms with Crippen molar-refractivity contribution < 1.29 is 0 Å². The molecule has 0 aliphatic carbocycles. The SMILES string of the molecule is C1=Nc2n[nH]c(-c3ccccc3)c2C(c2ncc[nH]2)n2ccnc21. The Balaban J connectivity index is 1.80. The number of imidazole rings is 2. The molecule has 4 aromatic rings. The fourth-order valence-electron chi connectivity index (χ4n) is 3.12. The summed E-state index contributed by atoms with van der Waals surface area (Å²) < 4.78 is 2.05. The molecule has 3 aromatic heterocycles. The molecule has 0 saturated heterocycles. The maximum Gasteiger partial charge on any atom is 0.180 e. The van der Waals surface area contributed by atoms with E-state index in [1.54, 1.807) is 18.6 Å². The van der Waals surface area contributed by atoms with E-state index in [4.69, 9.17) is 0 Å². The van der Waals surface area contributed by atoms with Gasteiger partial charge in [0.2, 0.25) is 0 Å². The Morgan fingerprint density at radius 1 is 1.04 bits per heavy atom. The lowest BCUT2D eigenvalue weighted by Crippen LogP contribution is -2.15. The second-order valence-corrected chi connectivity index (χ2v) is 5.53. The molecular formula is C17H13N7. The lowest BCUT2D eigenvalue weighted by atomic mass is 10.0. The Morgan fingerprint density at radius 3 is 2.79 bits per heavy atom. The third kappa shape index (κ3) is 1.84. The van der Waals surface area contributed by atoms with Crippen LogP contribution in [0.3, 0.4) is 0 Å². The number of H-pyrrole nitrogens is 2. The van der Waals surface area contributed by atoms with Crippen molar-refractivity contribution in [1.82, 2.24) is 29.7 Å². The lowest BCUT2D eigenvalue weighted by molar-refractivity contribution is 0.644. The standard InChI is InChI=1S/C17H13N7/c1-2-4-11(5-3-1)14-13-15(17-19-6-7-20-17)24-9-8-18-12(24)10-21-16(13)23-22-14/h1-10,15H,(H,19,20)(H,22,23). The van der Waals surface area contributed by atoms with Crippen LogP contribution in [0.15, 0.2) is 60.1 Å². The second-order valence-electron chi connectivity index (χ2n) is 5.53. The van der Waals surface area contributed by atoms with Crippen molar-refractivity contribution in [3.63, 3.8) is 0 Å². The van der Waals surface area contributed by atoms with Crippen LogP contribution in [-0.4, -0.2) is 35.9 Å². The van der Waals surface area contributed by atoms with Gasteiger partial charge in [0.25, 0.3) is 0 Å². The Morgan fingerprint density at radius 2 is 1.96 bits per heavy atom. The fraction of sp³-hybridized carbons (Fsp3) is 0.0588. The van der Waals surface area contributed by atoms with Crippen LogP contribution >= 0.6 is 0 Å². The molecule has 7 heteroatoms. The van der Waals surface area contributed by atoms with E-state index in [-0.39, 0.29) is 6.04 Å². The molecule has 0 bridgehead atoms. The van der Waals surface area contributed by atoms with Crippen LogP contribution in [0.1, 0.15) is 23.3 Å². The van der Waals surface area contributed by atoms with Crippen molar-refractivity contribution in [2.75, 3.05) is 0 Å². The molecule has 0 spiro atoms. The van der Waals surface area contributed by atoms with Gasteiger partial charge in [-0.2, -0.15) is 5.10 Å². The number of aliphatic imine (C=N–C) groups is 1. The van der Waals surface area contributed by atoms with E-state index in [0.29, 0.717) is 5.82 Å². The molecule has 24 heavy (non-hydrogen) atoms. The summed E-state index contributed by atoms with van der Waals surface area (Å²) in [7, 11) is 0. The number of nitrogens with zero attached hydrogens (tertiary/aromatic N) is 5. The minimum Gasteiger partial charge on any atom is -0.347 e. The Hall–Kier alpha value is -3.48. The Bertz CT molecular complexity index is 1010. The highest BCUT2D eigenvalue weighted by Crippen LogP contribution is 2.39. The molecular weight excluding hydrogens is 302 g/mol. The number of fused-ring (bicyclic) bond motifs is 2. The molecule has 1 aliphatic heterocycles. The number of aromatic amines is 2. The van der Waals surface area contributed by atoms with Crippen LogP contribution in [0, 0.1) is 0 Å². The van der Waals surface area contributed by atoms with Gasteiger partial charge in [-0.25, -0.2) is 15.0 Å². The van der Waals surface area contributed by atoms with Gasteiger partial charge in [0, 0.05) is 24.8 Å². The highest BCUT2D eigenvalue weighted by molar-refractivity contribution is 5.81. The predicted octanol–water partition coefficient (Wildman–Crippen LogP) is 2.70. The van der Waals surface area contributed by atoms with E-state index in [1.165, 1.54) is 0 Å². The fourth-order valence-corrected chi connectivity index (χ4v) is 3.12. The minimum atomic E-state index is -0.177. The predicted molar refractivity (Wildman–Crippen MR) is 89.3 cm³/mol. The average molecular weight is 315 g/mol. The monoisotopic (exact) mass is 315 g/mol. The summed E-state index contributed by atoms with van der Waals surface area (Å²) >= 11 is 0. The first kappa shape index (κ1) is 13.0. The van der Waals surface area contributed by atoms with Crippen molar-refractivity contribution in [2.24, 2.45) is 4.99 Å². The normalized spacial score (nSPS) is 15.8. The van der Waals surface area contributed by atoms with Gasteiger partial charge in [-0.1, -0.05) is 30.3 Å². The van der Waals surface area contributed by atoms with Crippen molar-refractivity contribution in [1.29, 1.82) is 0 Å². The minimum absolute atomic E-state index is 0.177. The van der Waals surface area contributed by atoms with Gasteiger partial charge in [0.1, 0.15) is 11.9 Å². The van der Waals surface area contributed by atoms with Crippen LogP contribution in [0.2, 0.25) is 0 Å². The molecule has 0 radical (unpaired) electrons. The quantitative estimate of drug-likeness (QED) is 0.525. The molecule has 4 heterocycles. The van der Waals surface area contributed by atoms with E-state index in [2.05, 4.69) is 46.8 Å². The van der Waals surface area contributed by atoms with E-state index >= 15 is 0 Å². The molecule has 5 rings (SSSR count). The first-order valence-electron chi connectivity index (χ1n) is 7.61. The molecule has 1 aliphatic rings. The van der Waals surface area contributed by atoms with E-state index in [9.17, 15) is 0 Å². The zero-order valence-corrected chi connectivity index (χ0v) is 12.6. The summed E-state index contributed by atoms with van der Waals surface area (Å²) in [6.45, 7) is 0. The number of nitrogens with one attached hydrogen (secondary N) is 2. The maximum absolute atomic E-state index is 4.51. The molecule has 0 saturated carbocycles. The lowest BCUT2D eigenvalue weighted by Gasteiger charge is -2.17. The van der Waals surface area contributed by atoms with Crippen molar-refractivity contribution in [3.8, 4) is 11.3 Å². The Labute approximate surface area is 137 Å². The van der Waals surface area contributed by atoms with Gasteiger partial charge in [0.15, 0.2) is 11.6 Å². The number of hydrogen-bond acceptors (Lipinski definition) is 4. The molecule has 116 valence electrons. The molecule has 0 amide bonds. The first-order valence-corrected chi connectivity index (χ1v) is 7.61. The van der Waals surface area contributed by atoms with Crippen LogP contribution in [0.25, 0.3) is 11.3 Å². The molecule has 1 unspecified atom stereocenters. The van der Waals surface area contributed by atoms with Crippen molar-refractivity contribution in [3.05, 3.63) is 72.3 Å². The zero-order chi connectivity index (χ0) is 15.9. The summed E-state index contributed by atoms with van der Waals surface area (Å²) in [5.74, 6) is 2.24. The topological polar surface area (TPSA) is 87.5 Å². The number of rotatable bonds is 2. The van der Waals surface area contributed by atoms with E-state index < -0.39 is 0 Å². The van der Waals surface area contributed by atoms with Gasteiger partial charge in [-0.3, -0.25) is 5.10 Å². The molecule has 7 nitrogen and oxygen atoms in total. The van der Waals surface area contributed by atoms with Gasteiger partial charge in [0.05, 0.1) is 17.5 Å². The third-order valence-corrected chi connectivity index (χ3v) is 4.18. The second kappa shape index (κ2) is 5.02. The molecule has 0 fully saturated rings.